The molecule has 0 bridgehead atoms. The van der Waals surface area contributed by atoms with Crippen LogP contribution in [0, 0.1) is 0 Å². The number of carbonyl (C=O) groups excluding carboxylic acids is 1. The highest BCUT2D eigenvalue weighted by atomic mass is 16.3. The van der Waals surface area contributed by atoms with Gasteiger partial charge >= 0.3 is 0 Å². The van der Waals surface area contributed by atoms with Gasteiger partial charge in [0.05, 0.1) is 17.8 Å². The number of nitrogens with one attached hydrogen (secondary N) is 1. The summed E-state index contributed by atoms with van der Waals surface area (Å²) in [5, 5.41) is 17.5. The first-order valence-electron chi connectivity index (χ1n) is 9.85. The molecule has 2 N–H and O–H groups in total. The van der Waals surface area contributed by atoms with Gasteiger partial charge in [-0.1, -0.05) is 26.0 Å². The first kappa shape index (κ1) is 20.3. The lowest BCUT2D eigenvalue weighted by molar-refractivity contribution is 0.0557. The molecule has 6 nitrogen and oxygen atoms in total. The highest BCUT2D eigenvalue weighted by molar-refractivity contribution is 5.94. The summed E-state index contributed by atoms with van der Waals surface area (Å²) in [6.45, 7) is 7.71. The maximum absolute atomic E-state index is 12.6. The van der Waals surface area contributed by atoms with E-state index in [0.29, 0.717) is 24.3 Å². The van der Waals surface area contributed by atoms with Crippen LogP contribution < -0.4 is 10.9 Å². The monoisotopic (exact) mass is 383 g/mol. The number of aliphatic hydroxyl groups is 1. The Morgan fingerprint density at radius 1 is 1.32 bits per heavy atom. The smallest absolute Gasteiger partial charge is 0.267 e. The summed E-state index contributed by atoms with van der Waals surface area (Å²) in [5.41, 5.74) is 2.38. The number of hydrogen-bond acceptors (Lipinski definition) is 4. The molecule has 1 aliphatic rings. The molecule has 1 unspecified atom stereocenters. The summed E-state index contributed by atoms with van der Waals surface area (Å²) in [4.78, 5) is 24.9. The van der Waals surface area contributed by atoms with Crippen LogP contribution in [0.4, 0.5) is 0 Å². The molecule has 150 valence electrons. The summed E-state index contributed by atoms with van der Waals surface area (Å²) >= 11 is 0. The number of fused-ring (bicyclic) bond motifs is 1. The number of aromatic nitrogens is 2. The molecular weight excluding hydrogens is 354 g/mol. The van der Waals surface area contributed by atoms with Crippen LogP contribution in [0.2, 0.25) is 0 Å². The summed E-state index contributed by atoms with van der Waals surface area (Å²) in [6.07, 6.45) is 2.06. The van der Waals surface area contributed by atoms with Crippen LogP contribution in [0.25, 0.3) is 0 Å². The predicted octanol–water partition coefficient (Wildman–Crippen LogP) is 2.42. The second-order valence-corrected chi connectivity index (χ2v) is 8.61. The van der Waals surface area contributed by atoms with E-state index in [1.807, 2.05) is 24.3 Å². The van der Waals surface area contributed by atoms with Gasteiger partial charge in [0.1, 0.15) is 0 Å². The van der Waals surface area contributed by atoms with E-state index in [1.165, 1.54) is 10.2 Å². The molecule has 6 heteroatoms. The van der Waals surface area contributed by atoms with Gasteiger partial charge in [0, 0.05) is 17.7 Å². The van der Waals surface area contributed by atoms with Gasteiger partial charge in [-0.15, -0.1) is 0 Å². The molecule has 1 aliphatic carbocycles. The SMILES string of the molecule is CC(C)c1ccc(C(=O)NC2CCc3nn(CC(C)(C)O)c(=O)cc3C2)cc1. The molecule has 1 aromatic carbocycles. The molecule has 3 rings (SSSR count). The minimum Gasteiger partial charge on any atom is -0.389 e. The van der Waals surface area contributed by atoms with Gasteiger partial charge in [0.2, 0.25) is 0 Å². The molecular formula is C22H29N3O3. The number of carbonyl (C=O) groups is 1. The maximum Gasteiger partial charge on any atom is 0.267 e. The quantitative estimate of drug-likeness (QED) is 0.831. The minimum absolute atomic E-state index is 0.0175. The van der Waals surface area contributed by atoms with Crippen LogP contribution in [-0.2, 0) is 19.4 Å². The average Bonchev–Trinajstić information content (AvgIpc) is 2.61. The van der Waals surface area contributed by atoms with E-state index in [1.54, 1.807) is 19.9 Å². The Labute approximate surface area is 165 Å². The van der Waals surface area contributed by atoms with E-state index in [0.717, 1.165) is 17.7 Å². The highest BCUT2D eigenvalue weighted by Crippen LogP contribution is 2.20. The second-order valence-electron chi connectivity index (χ2n) is 8.61. The van der Waals surface area contributed by atoms with Crippen LogP contribution in [0.3, 0.4) is 0 Å². The maximum atomic E-state index is 12.6. The first-order valence-corrected chi connectivity index (χ1v) is 9.85. The van der Waals surface area contributed by atoms with Crippen molar-refractivity contribution in [1.82, 2.24) is 15.1 Å². The largest absolute Gasteiger partial charge is 0.389 e. The molecule has 0 spiro atoms. The van der Waals surface area contributed by atoms with Crippen LogP contribution in [0.5, 0.6) is 0 Å². The minimum atomic E-state index is -0.999. The van der Waals surface area contributed by atoms with Crippen LogP contribution >= 0.6 is 0 Å². The number of benzene rings is 1. The average molecular weight is 383 g/mol. The van der Waals surface area contributed by atoms with Crippen LogP contribution in [-0.4, -0.2) is 32.4 Å². The fraction of sp³-hybridized carbons (Fsp3) is 0.500. The van der Waals surface area contributed by atoms with Crippen molar-refractivity contribution in [2.45, 2.75) is 71.1 Å². The second kappa shape index (κ2) is 7.87. The fourth-order valence-corrected chi connectivity index (χ4v) is 3.52. The Morgan fingerprint density at radius 3 is 2.61 bits per heavy atom. The van der Waals surface area contributed by atoms with E-state index < -0.39 is 5.60 Å². The number of rotatable bonds is 5. The topological polar surface area (TPSA) is 84.2 Å². The Balaban J connectivity index is 1.69. The number of nitrogens with zero attached hydrogens (tertiary/aromatic N) is 2. The molecule has 0 fully saturated rings. The molecule has 2 aromatic rings. The standard InChI is InChI=1S/C22H29N3O3/c1-14(2)15-5-7-16(8-6-15)21(27)23-18-9-10-19-17(11-18)12-20(26)25(24-19)13-22(3,4)28/h5-8,12,14,18,28H,9-11,13H2,1-4H3,(H,23,27). The Bertz CT molecular complexity index is 908. The van der Waals surface area contributed by atoms with Gasteiger partial charge in [0.25, 0.3) is 11.5 Å². The molecule has 0 saturated carbocycles. The van der Waals surface area contributed by atoms with Crippen molar-refractivity contribution in [3.05, 3.63) is 63.1 Å². The molecule has 0 radical (unpaired) electrons. The van der Waals surface area contributed by atoms with Gasteiger partial charge in [-0.2, -0.15) is 5.10 Å². The predicted molar refractivity (Wildman–Crippen MR) is 109 cm³/mol. The lowest BCUT2D eigenvalue weighted by Gasteiger charge is -2.26. The lowest BCUT2D eigenvalue weighted by Crippen LogP contribution is -2.41. The summed E-state index contributed by atoms with van der Waals surface area (Å²) in [5.74, 6) is 0.340. The van der Waals surface area contributed by atoms with E-state index in [9.17, 15) is 14.7 Å². The molecule has 0 saturated heterocycles. The number of aryl methyl sites for hydroxylation is 1. The Hall–Kier alpha value is -2.47. The third-order valence-corrected chi connectivity index (χ3v) is 5.07. The van der Waals surface area contributed by atoms with E-state index in [4.69, 9.17) is 0 Å². The summed E-state index contributed by atoms with van der Waals surface area (Å²) in [6, 6.07) is 9.27. The van der Waals surface area contributed by atoms with Gasteiger partial charge < -0.3 is 10.4 Å². The molecule has 28 heavy (non-hydrogen) atoms. The zero-order valence-corrected chi connectivity index (χ0v) is 17.0. The zero-order chi connectivity index (χ0) is 20.5. The van der Waals surface area contributed by atoms with Crippen molar-refractivity contribution in [3.8, 4) is 0 Å². The van der Waals surface area contributed by atoms with Crippen molar-refractivity contribution in [3.63, 3.8) is 0 Å². The molecule has 1 aromatic heterocycles. The molecule has 0 aliphatic heterocycles. The van der Waals surface area contributed by atoms with Crippen molar-refractivity contribution in [2.75, 3.05) is 0 Å². The van der Waals surface area contributed by atoms with Crippen molar-refractivity contribution in [2.24, 2.45) is 0 Å². The van der Waals surface area contributed by atoms with Crippen molar-refractivity contribution >= 4 is 5.91 Å². The zero-order valence-electron chi connectivity index (χ0n) is 17.0. The van der Waals surface area contributed by atoms with Crippen molar-refractivity contribution in [1.29, 1.82) is 0 Å². The van der Waals surface area contributed by atoms with E-state index in [2.05, 4.69) is 24.3 Å². The van der Waals surface area contributed by atoms with Gasteiger partial charge in [0.15, 0.2) is 0 Å². The Kier molecular flexibility index (Phi) is 5.70. The third-order valence-electron chi connectivity index (χ3n) is 5.07. The molecule has 1 atom stereocenters. The van der Waals surface area contributed by atoms with Gasteiger partial charge in [-0.3, -0.25) is 9.59 Å². The fourth-order valence-electron chi connectivity index (χ4n) is 3.52. The van der Waals surface area contributed by atoms with E-state index >= 15 is 0 Å². The Morgan fingerprint density at radius 2 is 2.00 bits per heavy atom. The summed E-state index contributed by atoms with van der Waals surface area (Å²) < 4.78 is 1.33. The first-order chi connectivity index (χ1) is 13.1. The van der Waals surface area contributed by atoms with Crippen molar-refractivity contribution < 1.29 is 9.90 Å². The van der Waals surface area contributed by atoms with E-state index in [-0.39, 0.29) is 24.1 Å². The van der Waals surface area contributed by atoms with Crippen LogP contribution in [0.1, 0.15) is 67.2 Å². The molecule has 1 amide bonds. The summed E-state index contributed by atoms with van der Waals surface area (Å²) in [7, 11) is 0. The number of amides is 1. The van der Waals surface area contributed by atoms with Gasteiger partial charge in [-0.25, -0.2) is 4.68 Å². The van der Waals surface area contributed by atoms with Crippen LogP contribution in [0.15, 0.2) is 35.1 Å². The third kappa shape index (κ3) is 4.87. The lowest BCUT2D eigenvalue weighted by atomic mass is 9.92. The van der Waals surface area contributed by atoms with Gasteiger partial charge in [-0.05, 0) is 62.3 Å². The highest BCUT2D eigenvalue weighted by Gasteiger charge is 2.24. The molecule has 1 heterocycles. The normalized spacial score (nSPS) is 16.7. The number of hydrogen-bond donors (Lipinski definition) is 2.